The second kappa shape index (κ2) is 10.5. The van der Waals surface area contributed by atoms with Crippen molar-refractivity contribution >= 4 is 11.7 Å². The maximum absolute atomic E-state index is 13.0. The third kappa shape index (κ3) is 5.60. The third-order valence-electron chi connectivity index (χ3n) is 5.60. The highest BCUT2D eigenvalue weighted by atomic mass is 16.1. The van der Waals surface area contributed by atoms with E-state index in [0.717, 1.165) is 28.9 Å². The van der Waals surface area contributed by atoms with E-state index >= 15 is 0 Å². The molecule has 0 spiro atoms. The van der Waals surface area contributed by atoms with E-state index in [1.165, 1.54) is 11.1 Å². The summed E-state index contributed by atoms with van der Waals surface area (Å²) in [4.78, 5) is 26.3. The Morgan fingerprint density at radius 2 is 1.85 bits per heavy atom. The molecule has 0 radical (unpaired) electrons. The molecule has 0 saturated heterocycles. The molecule has 6 heteroatoms. The molecule has 166 valence electrons. The predicted molar refractivity (Wildman–Crippen MR) is 131 cm³/mol. The normalized spacial score (nSPS) is 10.6. The van der Waals surface area contributed by atoms with Crippen molar-refractivity contribution in [2.75, 3.05) is 11.9 Å². The third-order valence-corrected chi connectivity index (χ3v) is 5.60. The van der Waals surface area contributed by atoms with Crippen LogP contribution >= 0.6 is 0 Å². The standard InChI is InChI=1S/C27H27N5O/c1-19-7-5-10-23(20(19)2)25-12-11-24(27(33)31-18-21-8-6-14-28-17-21)26(32-25)30-16-13-22-9-3-4-15-29-22/h3-12,14-15,17H,13,16,18H2,1-2H3,(H,30,32)(H,31,33). The first kappa shape index (κ1) is 22.1. The summed E-state index contributed by atoms with van der Waals surface area (Å²) in [6.07, 6.45) is 5.97. The average Bonchev–Trinajstić information content (AvgIpc) is 2.85. The Morgan fingerprint density at radius 1 is 0.939 bits per heavy atom. The van der Waals surface area contributed by atoms with E-state index < -0.39 is 0 Å². The fourth-order valence-corrected chi connectivity index (χ4v) is 3.59. The molecule has 33 heavy (non-hydrogen) atoms. The zero-order chi connectivity index (χ0) is 23.0. The van der Waals surface area contributed by atoms with Crippen LogP contribution in [0.1, 0.15) is 32.7 Å². The number of nitrogens with zero attached hydrogens (tertiary/aromatic N) is 3. The lowest BCUT2D eigenvalue weighted by Gasteiger charge is -2.15. The summed E-state index contributed by atoms with van der Waals surface area (Å²) >= 11 is 0. The molecule has 0 atom stereocenters. The molecule has 6 nitrogen and oxygen atoms in total. The average molecular weight is 438 g/mol. The van der Waals surface area contributed by atoms with E-state index in [1.807, 2.05) is 48.5 Å². The van der Waals surface area contributed by atoms with Gasteiger partial charge in [-0.15, -0.1) is 0 Å². The van der Waals surface area contributed by atoms with Crippen molar-refractivity contribution in [3.8, 4) is 11.3 Å². The lowest BCUT2D eigenvalue weighted by Crippen LogP contribution is -2.25. The van der Waals surface area contributed by atoms with Gasteiger partial charge in [0.05, 0.1) is 11.3 Å². The number of benzene rings is 1. The molecular formula is C27H27N5O. The van der Waals surface area contributed by atoms with Crippen molar-refractivity contribution in [2.45, 2.75) is 26.8 Å². The van der Waals surface area contributed by atoms with Gasteiger partial charge in [-0.3, -0.25) is 14.8 Å². The number of carbonyl (C=O) groups excluding carboxylic acids is 1. The largest absolute Gasteiger partial charge is 0.369 e. The van der Waals surface area contributed by atoms with Crippen LogP contribution in [0.5, 0.6) is 0 Å². The van der Waals surface area contributed by atoms with Gasteiger partial charge in [0.2, 0.25) is 0 Å². The molecule has 0 aliphatic carbocycles. The minimum Gasteiger partial charge on any atom is -0.369 e. The van der Waals surface area contributed by atoms with Crippen molar-refractivity contribution in [2.24, 2.45) is 0 Å². The van der Waals surface area contributed by atoms with Crippen LogP contribution < -0.4 is 10.6 Å². The molecule has 4 rings (SSSR count). The van der Waals surface area contributed by atoms with Gasteiger partial charge < -0.3 is 10.6 Å². The number of aromatic nitrogens is 3. The SMILES string of the molecule is Cc1cccc(-c2ccc(C(=O)NCc3cccnc3)c(NCCc3ccccn3)n2)c1C. The molecule has 0 aliphatic heterocycles. The molecule has 2 N–H and O–H groups in total. The van der Waals surface area contributed by atoms with Crippen molar-refractivity contribution < 1.29 is 4.79 Å². The molecule has 1 aromatic carbocycles. The topological polar surface area (TPSA) is 79.8 Å². The molecule has 0 bridgehead atoms. The number of hydrogen-bond acceptors (Lipinski definition) is 5. The van der Waals surface area contributed by atoms with E-state index in [-0.39, 0.29) is 5.91 Å². The number of nitrogens with one attached hydrogen (secondary N) is 2. The van der Waals surface area contributed by atoms with Crippen LogP contribution in [0.15, 0.2) is 79.3 Å². The molecular weight excluding hydrogens is 410 g/mol. The van der Waals surface area contributed by atoms with Crippen molar-refractivity contribution in [3.63, 3.8) is 0 Å². The maximum Gasteiger partial charge on any atom is 0.255 e. The molecule has 0 aliphatic rings. The number of aryl methyl sites for hydroxylation is 1. The van der Waals surface area contributed by atoms with Crippen molar-refractivity contribution in [1.29, 1.82) is 0 Å². The van der Waals surface area contributed by atoms with Crippen LogP contribution in [0.25, 0.3) is 11.3 Å². The summed E-state index contributed by atoms with van der Waals surface area (Å²) in [5.41, 5.74) is 6.71. The Balaban J connectivity index is 1.58. The van der Waals surface area contributed by atoms with E-state index in [0.29, 0.717) is 24.5 Å². The van der Waals surface area contributed by atoms with Gasteiger partial charge in [-0.25, -0.2) is 4.98 Å². The number of amides is 1. The highest BCUT2D eigenvalue weighted by molar-refractivity contribution is 5.99. The van der Waals surface area contributed by atoms with Gasteiger partial charge in [-0.05, 0) is 60.9 Å². The molecule has 0 fully saturated rings. The minimum absolute atomic E-state index is 0.181. The van der Waals surface area contributed by atoms with Crippen LogP contribution in [0.4, 0.5) is 5.82 Å². The summed E-state index contributed by atoms with van der Waals surface area (Å²) in [5.74, 6) is 0.382. The van der Waals surface area contributed by atoms with Gasteiger partial charge >= 0.3 is 0 Å². The summed E-state index contributed by atoms with van der Waals surface area (Å²) in [7, 11) is 0. The minimum atomic E-state index is -0.181. The van der Waals surface area contributed by atoms with Crippen LogP contribution in [-0.4, -0.2) is 27.4 Å². The highest BCUT2D eigenvalue weighted by Gasteiger charge is 2.15. The van der Waals surface area contributed by atoms with Gasteiger partial charge in [-0.1, -0.05) is 30.3 Å². The van der Waals surface area contributed by atoms with E-state index in [9.17, 15) is 4.79 Å². The molecule has 1 amide bonds. The lowest BCUT2D eigenvalue weighted by molar-refractivity contribution is 0.0951. The molecule has 3 aromatic heterocycles. The second-order valence-corrected chi connectivity index (χ2v) is 7.88. The van der Waals surface area contributed by atoms with E-state index in [4.69, 9.17) is 4.98 Å². The highest BCUT2D eigenvalue weighted by Crippen LogP contribution is 2.26. The predicted octanol–water partition coefficient (Wildman–Crippen LogP) is 4.74. The monoisotopic (exact) mass is 437 g/mol. The Kier molecular flexibility index (Phi) is 7.05. The van der Waals surface area contributed by atoms with Gasteiger partial charge in [0, 0.05) is 49.4 Å². The summed E-state index contributed by atoms with van der Waals surface area (Å²) in [6.45, 7) is 5.20. The number of carbonyl (C=O) groups is 1. The van der Waals surface area contributed by atoms with E-state index in [1.54, 1.807) is 18.6 Å². The first-order valence-corrected chi connectivity index (χ1v) is 11.0. The van der Waals surface area contributed by atoms with Gasteiger partial charge in [-0.2, -0.15) is 0 Å². The second-order valence-electron chi connectivity index (χ2n) is 7.88. The molecule has 0 saturated carbocycles. The maximum atomic E-state index is 13.0. The Labute approximate surface area is 194 Å². The lowest BCUT2D eigenvalue weighted by atomic mass is 10.00. The molecule has 4 aromatic rings. The van der Waals surface area contributed by atoms with Gasteiger partial charge in [0.15, 0.2) is 0 Å². The Bertz CT molecular complexity index is 1230. The summed E-state index contributed by atoms with van der Waals surface area (Å²) < 4.78 is 0. The number of pyridine rings is 3. The Hall–Kier alpha value is -4.06. The van der Waals surface area contributed by atoms with Crippen LogP contribution in [0.3, 0.4) is 0 Å². The van der Waals surface area contributed by atoms with Crippen LogP contribution in [0.2, 0.25) is 0 Å². The summed E-state index contributed by atoms with van der Waals surface area (Å²) in [5, 5.41) is 6.33. The number of hydrogen-bond donors (Lipinski definition) is 2. The zero-order valence-electron chi connectivity index (χ0n) is 18.9. The van der Waals surface area contributed by atoms with E-state index in [2.05, 4.69) is 46.6 Å². The number of anilines is 1. The number of rotatable bonds is 8. The Morgan fingerprint density at radius 3 is 2.64 bits per heavy atom. The molecule has 0 unspecified atom stereocenters. The van der Waals surface area contributed by atoms with Gasteiger partial charge in [0.1, 0.15) is 5.82 Å². The first-order valence-electron chi connectivity index (χ1n) is 11.0. The smallest absolute Gasteiger partial charge is 0.255 e. The quantitative estimate of drug-likeness (QED) is 0.416. The fourth-order valence-electron chi connectivity index (χ4n) is 3.59. The van der Waals surface area contributed by atoms with Gasteiger partial charge in [0.25, 0.3) is 5.91 Å². The van der Waals surface area contributed by atoms with Crippen molar-refractivity contribution in [1.82, 2.24) is 20.3 Å². The van der Waals surface area contributed by atoms with Crippen molar-refractivity contribution in [3.05, 3.63) is 107 Å². The molecule has 3 heterocycles. The first-order chi connectivity index (χ1) is 16.1. The van der Waals surface area contributed by atoms with Crippen LogP contribution in [0, 0.1) is 13.8 Å². The fraction of sp³-hybridized carbons (Fsp3) is 0.185. The zero-order valence-corrected chi connectivity index (χ0v) is 18.9. The summed E-state index contributed by atoms with van der Waals surface area (Å²) in [6, 6.07) is 19.6. The van der Waals surface area contributed by atoms with Crippen LogP contribution in [-0.2, 0) is 13.0 Å².